The van der Waals surface area contributed by atoms with Gasteiger partial charge in [0.2, 0.25) is 0 Å². The molecule has 5 nitrogen and oxygen atoms in total. The van der Waals surface area contributed by atoms with E-state index in [2.05, 4.69) is 20.2 Å². The van der Waals surface area contributed by atoms with Crippen LogP contribution in [0.25, 0.3) is 0 Å². The van der Waals surface area contributed by atoms with Gasteiger partial charge in [-0.2, -0.15) is 5.10 Å². The molecule has 0 radical (unpaired) electrons. The quantitative estimate of drug-likeness (QED) is 0.778. The van der Waals surface area contributed by atoms with E-state index in [9.17, 15) is 0 Å². The summed E-state index contributed by atoms with van der Waals surface area (Å²) in [5.74, 6) is 0. The summed E-state index contributed by atoms with van der Waals surface area (Å²) < 4.78 is 0. The normalized spacial score (nSPS) is 10.4. The average molecular weight is 207 g/mol. The molecule has 2 rings (SSSR count). The molecule has 2 aromatic rings. The number of nitrogens with two attached hydrogens (primary N) is 1. The highest BCUT2D eigenvalue weighted by atomic mass is 32.2. The van der Waals surface area contributed by atoms with Gasteiger partial charge in [-0.15, -0.1) is 0 Å². The third-order valence-electron chi connectivity index (χ3n) is 1.58. The monoisotopic (exact) mass is 207 g/mol. The summed E-state index contributed by atoms with van der Waals surface area (Å²) in [5.41, 5.74) is 6.35. The first-order chi connectivity index (χ1) is 6.88. The molecule has 0 unspecified atom stereocenters. The fourth-order valence-corrected chi connectivity index (χ4v) is 1.68. The zero-order valence-corrected chi connectivity index (χ0v) is 8.16. The van der Waals surface area contributed by atoms with Crippen molar-refractivity contribution in [1.29, 1.82) is 0 Å². The molecule has 2 heterocycles. The first kappa shape index (κ1) is 9.17. The van der Waals surface area contributed by atoms with Crippen LogP contribution in [0.1, 0.15) is 5.69 Å². The Bertz CT molecular complexity index is 400. The zero-order valence-electron chi connectivity index (χ0n) is 7.34. The van der Waals surface area contributed by atoms with Crippen LogP contribution in [-0.4, -0.2) is 20.2 Å². The summed E-state index contributed by atoms with van der Waals surface area (Å²) >= 11 is 1.43. The highest BCUT2D eigenvalue weighted by Gasteiger charge is 2.01. The summed E-state index contributed by atoms with van der Waals surface area (Å²) in [4.78, 5) is 8.31. The van der Waals surface area contributed by atoms with E-state index in [0.717, 1.165) is 15.9 Å². The van der Waals surface area contributed by atoms with Crippen LogP contribution in [0.5, 0.6) is 0 Å². The van der Waals surface area contributed by atoms with Crippen molar-refractivity contribution in [2.24, 2.45) is 5.73 Å². The summed E-state index contributed by atoms with van der Waals surface area (Å²) in [6, 6.07) is 5.73. The lowest BCUT2D eigenvalue weighted by Crippen LogP contribution is -1.99. The number of hydrogen-bond acceptors (Lipinski definition) is 5. The lowest BCUT2D eigenvalue weighted by molar-refractivity contribution is 0.930. The molecular weight excluding hydrogens is 198 g/mol. The van der Waals surface area contributed by atoms with Gasteiger partial charge in [-0.3, -0.25) is 5.10 Å². The Balaban J connectivity index is 2.17. The number of nitrogens with one attached hydrogen (secondary N) is 1. The maximum absolute atomic E-state index is 5.48. The number of aromatic nitrogens is 4. The van der Waals surface area contributed by atoms with Crippen LogP contribution in [-0.2, 0) is 6.54 Å². The van der Waals surface area contributed by atoms with Gasteiger partial charge in [0.25, 0.3) is 0 Å². The number of pyridine rings is 1. The van der Waals surface area contributed by atoms with E-state index in [0.29, 0.717) is 6.54 Å². The first-order valence-corrected chi connectivity index (χ1v) is 4.89. The highest BCUT2D eigenvalue weighted by Crippen LogP contribution is 2.21. The lowest BCUT2D eigenvalue weighted by Gasteiger charge is -1.99. The van der Waals surface area contributed by atoms with E-state index in [1.807, 2.05) is 18.2 Å². The predicted octanol–water partition coefficient (Wildman–Crippen LogP) is 0.810. The maximum atomic E-state index is 5.48. The van der Waals surface area contributed by atoms with E-state index in [4.69, 9.17) is 5.73 Å². The molecule has 0 saturated carbocycles. The van der Waals surface area contributed by atoms with Crippen molar-refractivity contribution in [2.45, 2.75) is 16.7 Å². The van der Waals surface area contributed by atoms with Gasteiger partial charge in [0, 0.05) is 6.54 Å². The molecule has 2 aromatic heterocycles. The van der Waals surface area contributed by atoms with Crippen molar-refractivity contribution < 1.29 is 0 Å². The zero-order chi connectivity index (χ0) is 9.80. The minimum absolute atomic E-state index is 0.449. The van der Waals surface area contributed by atoms with Crippen LogP contribution in [0, 0.1) is 0 Å². The van der Waals surface area contributed by atoms with Crippen molar-refractivity contribution in [3.05, 3.63) is 30.2 Å². The van der Waals surface area contributed by atoms with Crippen LogP contribution in [0.4, 0.5) is 0 Å². The number of H-pyrrole nitrogens is 1. The smallest absolute Gasteiger partial charge is 0.189 e. The molecule has 0 aliphatic rings. The molecule has 6 heteroatoms. The van der Waals surface area contributed by atoms with Crippen LogP contribution in [0.15, 0.2) is 34.7 Å². The van der Waals surface area contributed by atoms with Gasteiger partial charge in [-0.25, -0.2) is 9.97 Å². The predicted molar refractivity (Wildman–Crippen MR) is 52.6 cm³/mol. The Morgan fingerprint density at radius 1 is 1.43 bits per heavy atom. The van der Waals surface area contributed by atoms with Crippen LogP contribution in [0.3, 0.4) is 0 Å². The molecule has 0 atom stereocenters. The van der Waals surface area contributed by atoms with Crippen LogP contribution < -0.4 is 5.73 Å². The lowest BCUT2D eigenvalue weighted by atomic mass is 10.4. The maximum Gasteiger partial charge on any atom is 0.189 e. The number of rotatable bonds is 3. The molecule has 0 amide bonds. The Morgan fingerprint density at radius 3 is 3.07 bits per heavy atom. The first-order valence-electron chi connectivity index (χ1n) is 4.07. The number of aromatic amines is 1. The van der Waals surface area contributed by atoms with E-state index < -0.39 is 0 Å². The third-order valence-corrected chi connectivity index (χ3v) is 2.41. The van der Waals surface area contributed by atoms with Crippen LogP contribution in [0.2, 0.25) is 0 Å². The average Bonchev–Trinajstić information content (AvgIpc) is 2.71. The Labute approximate surface area is 85.2 Å². The molecule has 0 bridgehead atoms. The summed E-state index contributed by atoms with van der Waals surface area (Å²) in [5, 5.41) is 8.10. The largest absolute Gasteiger partial charge is 0.325 e. The third kappa shape index (κ3) is 2.09. The van der Waals surface area contributed by atoms with Crippen molar-refractivity contribution in [2.75, 3.05) is 0 Å². The van der Waals surface area contributed by atoms with E-state index >= 15 is 0 Å². The van der Waals surface area contributed by atoms with E-state index in [1.165, 1.54) is 18.1 Å². The summed E-state index contributed by atoms with van der Waals surface area (Å²) in [6.45, 7) is 0.449. The molecular formula is C8H9N5S. The Hall–Kier alpha value is -1.40. The highest BCUT2D eigenvalue weighted by molar-refractivity contribution is 7.99. The van der Waals surface area contributed by atoms with Gasteiger partial charge in [-0.1, -0.05) is 6.07 Å². The second kappa shape index (κ2) is 4.21. The van der Waals surface area contributed by atoms with Gasteiger partial charge in [0.15, 0.2) is 5.16 Å². The minimum atomic E-state index is 0.449. The molecule has 14 heavy (non-hydrogen) atoms. The second-order valence-corrected chi connectivity index (χ2v) is 3.57. The minimum Gasteiger partial charge on any atom is -0.325 e. The standard InChI is InChI=1S/C8H9N5S/c9-4-6-2-1-3-7(12-6)14-8-10-5-11-13-8/h1-3,5H,4,9H2,(H,10,11,13). The molecule has 0 aliphatic carbocycles. The van der Waals surface area contributed by atoms with Crippen molar-refractivity contribution >= 4 is 11.8 Å². The van der Waals surface area contributed by atoms with E-state index in [1.54, 1.807) is 0 Å². The fourth-order valence-electron chi connectivity index (χ4n) is 0.971. The molecule has 3 N–H and O–H groups in total. The molecule has 0 fully saturated rings. The molecule has 0 spiro atoms. The van der Waals surface area contributed by atoms with Crippen molar-refractivity contribution in [1.82, 2.24) is 20.2 Å². The summed E-state index contributed by atoms with van der Waals surface area (Å²) in [6.07, 6.45) is 1.47. The summed E-state index contributed by atoms with van der Waals surface area (Å²) in [7, 11) is 0. The van der Waals surface area contributed by atoms with Gasteiger partial charge < -0.3 is 5.73 Å². The number of hydrogen-bond donors (Lipinski definition) is 2. The van der Waals surface area contributed by atoms with E-state index in [-0.39, 0.29) is 0 Å². The SMILES string of the molecule is NCc1cccc(Sc2ncn[nH]2)n1. The Morgan fingerprint density at radius 2 is 2.36 bits per heavy atom. The van der Waals surface area contributed by atoms with Gasteiger partial charge in [0.05, 0.1) is 5.69 Å². The molecule has 0 aliphatic heterocycles. The fraction of sp³-hybridized carbons (Fsp3) is 0.125. The molecule has 0 aromatic carbocycles. The van der Waals surface area contributed by atoms with Crippen molar-refractivity contribution in [3.63, 3.8) is 0 Å². The van der Waals surface area contributed by atoms with Gasteiger partial charge in [-0.05, 0) is 23.9 Å². The Kier molecular flexibility index (Phi) is 2.76. The molecule has 0 saturated heterocycles. The molecule has 72 valence electrons. The second-order valence-electron chi connectivity index (χ2n) is 2.56. The topological polar surface area (TPSA) is 80.5 Å². The van der Waals surface area contributed by atoms with Crippen molar-refractivity contribution in [3.8, 4) is 0 Å². The van der Waals surface area contributed by atoms with Gasteiger partial charge >= 0.3 is 0 Å². The van der Waals surface area contributed by atoms with Gasteiger partial charge in [0.1, 0.15) is 11.4 Å². The number of nitrogens with zero attached hydrogens (tertiary/aromatic N) is 3. The van der Waals surface area contributed by atoms with Crippen LogP contribution >= 0.6 is 11.8 Å².